The van der Waals surface area contributed by atoms with Crippen LogP contribution in [0, 0.1) is 0 Å². The molecular formula is C13H19N3. The molecule has 86 valence electrons. The number of hydrogen-bond acceptors (Lipinski definition) is 3. The van der Waals surface area contributed by atoms with Gasteiger partial charge in [-0.1, -0.05) is 6.58 Å². The summed E-state index contributed by atoms with van der Waals surface area (Å²) in [7, 11) is 0. The second-order valence-electron chi connectivity index (χ2n) is 4.43. The third kappa shape index (κ3) is 2.90. The van der Waals surface area contributed by atoms with Gasteiger partial charge in [0.05, 0.1) is 5.69 Å². The molecule has 2 N–H and O–H groups in total. The Kier molecular flexibility index (Phi) is 3.70. The Hall–Kier alpha value is -1.19. The van der Waals surface area contributed by atoms with Gasteiger partial charge in [0, 0.05) is 25.3 Å². The Morgan fingerprint density at radius 1 is 1.62 bits per heavy atom. The van der Waals surface area contributed by atoms with E-state index in [0.717, 1.165) is 31.7 Å². The number of aromatic nitrogens is 1. The van der Waals surface area contributed by atoms with E-state index in [2.05, 4.69) is 28.6 Å². The lowest BCUT2D eigenvalue weighted by atomic mass is 10.1. The van der Waals surface area contributed by atoms with Crippen molar-refractivity contribution in [2.45, 2.75) is 25.4 Å². The third-order valence-electron chi connectivity index (χ3n) is 3.00. The minimum atomic E-state index is 0.342. The van der Waals surface area contributed by atoms with Crippen LogP contribution < -0.4 is 5.73 Å². The number of hydrogen-bond donors (Lipinski definition) is 1. The van der Waals surface area contributed by atoms with Crippen molar-refractivity contribution >= 4 is 6.08 Å². The smallest absolute Gasteiger partial charge is 0.0626 e. The lowest BCUT2D eigenvalue weighted by molar-refractivity contribution is 0.201. The SMILES string of the molecule is C=Cc1cc(CN2CCCC(N)C2)ccn1. The van der Waals surface area contributed by atoms with Crippen LogP contribution in [-0.2, 0) is 6.54 Å². The van der Waals surface area contributed by atoms with E-state index in [-0.39, 0.29) is 0 Å². The molecule has 3 nitrogen and oxygen atoms in total. The Morgan fingerprint density at radius 3 is 3.25 bits per heavy atom. The molecule has 1 aliphatic rings. The standard InChI is InChI=1S/C13H19N3/c1-2-13-8-11(5-6-15-13)9-16-7-3-4-12(14)10-16/h2,5-6,8,12H,1,3-4,7,9-10,14H2. The maximum Gasteiger partial charge on any atom is 0.0626 e. The van der Waals surface area contributed by atoms with Gasteiger partial charge >= 0.3 is 0 Å². The molecule has 1 unspecified atom stereocenters. The van der Waals surface area contributed by atoms with E-state index in [1.807, 2.05) is 6.20 Å². The fourth-order valence-corrected chi connectivity index (χ4v) is 2.20. The summed E-state index contributed by atoms with van der Waals surface area (Å²) in [5, 5.41) is 0. The van der Waals surface area contributed by atoms with Crippen LogP contribution >= 0.6 is 0 Å². The highest BCUT2D eigenvalue weighted by Crippen LogP contribution is 2.13. The van der Waals surface area contributed by atoms with E-state index in [4.69, 9.17) is 5.73 Å². The van der Waals surface area contributed by atoms with Gasteiger partial charge in [0.15, 0.2) is 0 Å². The maximum atomic E-state index is 5.96. The summed E-state index contributed by atoms with van der Waals surface area (Å²) in [5.74, 6) is 0. The van der Waals surface area contributed by atoms with Crippen molar-refractivity contribution in [3.63, 3.8) is 0 Å². The van der Waals surface area contributed by atoms with Gasteiger partial charge in [-0.25, -0.2) is 0 Å². The predicted molar refractivity (Wildman–Crippen MR) is 66.8 cm³/mol. The molecule has 1 aliphatic heterocycles. The van der Waals surface area contributed by atoms with Gasteiger partial charge in [-0.05, 0) is 43.2 Å². The predicted octanol–water partition coefficient (Wildman–Crippen LogP) is 1.65. The Bertz CT molecular complexity index is 362. The van der Waals surface area contributed by atoms with Crippen LogP contribution in [0.2, 0.25) is 0 Å². The van der Waals surface area contributed by atoms with E-state index in [1.54, 1.807) is 6.08 Å². The zero-order chi connectivity index (χ0) is 11.4. The zero-order valence-corrected chi connectivity index (χ0v) is 9.60. The molecule has 0 bridgehead atoms. The second-order valence-corrected chi connectivity index (χ2v) is 4.43. The lowest BCUT2D eigenvalue weighted by Crippen LogP contribution is -2.42. The molecule has 0 aromatic carbocycles. The molecule has 0 spiro atoms. The first-order valence-electron chi connectivity index (χ1n) is 5.83. The molecule has 2 heterocycles. The van der Waals surface area contributed by atoms with Gasteiger partial charge in [0.1, 0.15) is 0 Å². The highest BCUT2D eigenvalue weighted by atomic mass is 15.1. The largest absolute Gasteiger partial charge is 0.327 e. The van der Waals surface area contributed by atoms with Crippen molar-refractivity contribution in [3.05, 3.63) is 36.2 Å². The maximum absolute atomic E-state index is 5.96. The third-order valence-corrected chi connectivity index (χ3v) is 3.00. The second kappa shape index (κ2) is 5.23. The van der Waals surface area contributed by atoms with E-state index >= 15 is 0 Å². The number of nitrogens with two attached hydrogens (primary N) is 1. The minimum absolute atomic E-state index is 0.342. The van der Waals surface area contributed by atoms with Gasteiger partial charge in [0.25, 0.3) is 0 Å². The normalized spacial score (nSPS) is 21.9. The molecule has 1 saturated heterocycles. The number of likely N-dealkylation sites (tertiary alicyclic amines) is 1. The summed E-state index contributed by atoms with van der Waals surface area (Å²) >= 11 is 0. The summed E-state index contributed by atoms with van der Waals surface area (Å²) in [6.45, 7) is 6.86. The lowest BCUT2D eigenvalue weighted by Gasteiger charge is -2.30. The van der Waals surface area contributed by atoms with Crippen LogP contribution in [0.4, 0.5) is 0 Å². The fourth-order valence-electron chi connectivity index (χ4n) is 2.20. The first-order valence-corrected chi connectivity index (χ1v) is 5.83. The summed E-state index contributed by atoms with van der Waals surface area (Å²) < 4.78 is 0. The summed E-state index contributed by atoms with van der Waals surface area (Å²) in [6, 6.07) is 4.50. The fraction of sp³-hybridized carbons (Fsp3) is 0.462. The van der Waals surface area contributed by atoms with Gasteiger partial charge < -0.3 is 5.73 Å². The monoisotopic (exact) mass is 217 g/mol. The molecule has 2 rings (SSSR count). The van der Waals surface area contributed by atoms with Crippen LogP contribution in [0.1, 0.15) is 24.1 Å². The van der Waals surface area contributed by atoms with E-state index in [0.29, 0.717) is 6.04 Å². The molecular weight excluding hydrogens is 198 g/mol. The van der Waals surface area contributed by atoms with E-state index in [1.165, 1.54) is 12.0 Å². The molecule has 16 heavy (non-hydrogen) atoms. The van der Waals surface area contributed by atoms with Crippen molar-refractivity contribution in [1.82, 2.24) is 9.88 Å². The van der Waals surface area contributed by atoms with E-state index in [9.17, 15) is 0 Å². The molecule has 1 atom stereocenters. The zero-order valence-electron chi connectivity index (χ0n) is 9.60. The van der Waals surface area contributed by atoms with Crippen molar-refractivity contribution in [2.75, 3.05) is 13.1 Å². The van der Waals surface area contributed by atoms with Crippen LogP contribution in [0.25, 0.3) is 6.08 Å². The first-order chi connectivity index (χ1) is 7.78. The number of rotatable bonds is 3. The molecule has 0 aliphatic carbocycles. The highest BCUT2D eigenvalue weighted by molar-refractivity contribution is 5.42. The number of pyridine rings is 1. The molecule has 0 radical (unpaired) electrons. The van der Waals surface area contributed by atoms with Crippen LogP contribution in [0.3, 0.4) is 0 Å². The highest BCUT2D eigenvalue weighted by Gasteiger charge is 2.16. The number of nitrogens with zero attached hydrogens (tertiary/aromatic N) is 2. The summed E-state index contributed by atoms with van der Waals surface area (Å²) in [4.78, 5) is 6.62. The van der Waals surface area contributed by atoms with Gasteiger partial charge in [-0.15, -0.1) is 0 Å². The molecule has 0 amide bonds. The first kappa shape index (κ1) is 11.3. The minimum Gasteiger partial charge on any atom is -0.327 e. The van der Waals surface area contributed by atoms with Crippen LogP contribution in [0.15, 0.2) is 24.9 Å². The van der Waals surface area contributed by atoms with Crippen LogP contribution in [0.5, 0.6) is 0 Å². The average Bonchev–Trinajstić information content (AvgIpc) is 2.29. The van der Waals surface area contributed by atoms with Crippen molar-refractivity contribution in [2.24, 2.45) is 5.73 Å². The Labute approximate surface area is 97.0 Å². The Balaban J connectivity index is 1.99. The topological polar surface area (TPSA) is 42.1 Å². The van der Waals surface area contributed by atoms with Crippen LogP contribution in [-0.4, -0.2) is 29.0 Å². The van der Waals surface area contributed by atoms with Gasteiger partial charge in [0.2, 0.25) is 0 Å². The average molecular weight is 217 g/mol. The van der Waals surface area contributed by atoms with Crippen molar-refractivity contribution in [3.8, 4) is 0 Å². The molecule has 3 heteroatoms. The Morgan fingerprint density at radius 2 is 2.50 bits per heavy atom. The summed E-state index contributed by atoms with van der Waals surface area (Å²) in [6.07, 6.45) is 5.99. The van der Waals surface area contributed by atoms with Crippen molar-refractivity contribution in [1.29, 1.82) is 0 Å². The molecule has 1 aromatic heterocycles. The quantitative estimate of drug-likeness (QED) is 0.837. The van der Waals surface area contributed by atoms with Gasteiger partial charge in [-0.2, -0.15) is 0 Å². The molecule has 0 saturated carbocycles. The molecule has 1 aromatic rings. The van der Waals surface area contributed by atoms with E-state index < -0.39 is 0 Å². The van der Waals surface area contributed by atoms with Gasteiger partial charge in [-0.3, -0.25) is 9.88 Å². The summed E-state index contributed by atoms with van der Waals surface area (Å²) in [5.41, 5.74) is 8.20. The molecule has 1 fully saturated rings. The van der Waals surface area contributed by atoms with Crippen molar-refractivity contribution < 1.29 is 0 Å². The number of piperidine rings is 1.